The average molecular weight is 328 g/mol. The van der Waals surface area contributed by atoms with Crippen LogP contribution in [-0.2, 0) is 11.3 Å². The zero-order valence-corrected chi connectivity index (χ0v) is 13.9. The normalized spacial score (nSPS) is 9.96. The summed E-state index contributed by atoms with van der Waals surface area (Å²) >= 11 is 0. The minimum absolute atomic E-state index is 0.308. The molecular formula is C18H20N2O4. The Labute approximate surface area is 141 Å². The molecule has 126 valence electrons. The predicted molar refractivity (Wildman–Crippen MR) is 91.3 cm³/mol. The third-order valence-electron chi connectivity index (χ3n) is 3.47. The van der Waals surface area contributed by atoms with E-state index in [4.69, 9.17) is 9.47 Å². The van der Waals surface area contributed by atoms with E-state index in [-0.39, 0.29) is 6.03 Å². The molecule has 0 aliphatic heterocycles. The van der Waals surface area contributed by atoms with E-state index in [9.17, 15) is 9.59 Å². The molecule has 2 aromatic carbocycles. The van der Waals surface area contributed by atoms with E-state index in [0.717, 1.165) is 11.3 Å². The van der Waals surface area contributed by atoms with Gasteiger partial charge in [0.2, 0.25) is 0 Å². The Morgan fingerprint density at radius 3 is 2.54 bits per heavy atom. The highest BCUT2D eigenvalue weighted by Crippen LogP contribution is 2.18. The van der Waals surface area contributed by atoms with Crippen LogP contribution in [0.5, 0.6) is 5.75 Å². The van der Waals surface area contributed by atoms with E-state index in [0.29, 0.717) is 17.8 Å². The first kappa shape index (κ1) is 17.3. The van der Waals surface area contributed by atoms with E-state index in [1.807, 2.05) is 24.3 Å². The van der Waals surface area contributed by atoms with Crippen molar-refractivity contribution in [3.8, 4) is 5.75 Å². The molecule has 0 aliphatic rings. The molecule has 0 spiro atoms. The molecule has 0 atom stereocenters. The van der Waals surface area contributed by atoms with E-state index in [2.05, 4.69) is 5.32 Å². The number of rotatable bonds is 5. The van der Waals surface area contributed by atoms with Crippen LogP contribution in [0, 0.1) is 0 Å². The molecular weight excluding hydrogens is 308 g/mol. The number of anilines is 1. The molecule has 0 bridgehead atoms. The Bertz CT molecular complexity index is 730. The van der Waals surface area contributed by atoms with Crippen molar-refractivity contribution >= 4 is 17.7 Å². The quantitative estimate of drug-likeness (QED) is 0.856. The minimum atomic E-state index is -0.499. The average Bonchev–Trinajstić information content (AvgIpc) is 2.61. The Morgan fingerprint density at radius 1 is 1.08 bits per heavy atom. The van der Waals surface area contributed by atoms with Gasteiger partial charge in [0, 0.05) is 13.6 Å². The van der Waals surface area contributed by atoms with Crippen molar-refractivity contribution in [2.75, 3.05) is 26.6 Å². The number of methoxy groups -OCH3 is 2. The SMILES string of the molecule is COC(=O)c1ccccc1NC(=O)N(C)Cc1cccc(OC)c1. The smallest absolute Gasteiger partial charge is 0.339 e. The van der Waals surface area contributed by atoms with Gasteiger partial charge in [0.15, 0.2) is 0 Å². The van der Waals surface area contributed by atoms with Gasteiger partial charge in [0.1, 0.15) is 5.75 Å². The number of para-hydroxylation sites is 1. The molecule has 0 radical (unpaired) electrons. The molecule has 0 aromatic heterocycles. The van der Waals surface area contributed by atoms with Crippen LogP contribution in [0.15, 0.2) is 48.5 Å². The topological polar surface area (TPSA) is 67.9 Å². The van der Waals surface area contributed by atoms with Gasteiger partial charge in [-0.1, -0.05) is 24.3 Å². The van der Waals surface area contributed by atoms with Crippen molar-refractivity contribution in [1.82, 2.24) is 4.90 Å². The minimum Gasteiger partial charge on any atom is -0.497 e. The van der Waals surface area contributed by atoms with Gasteiger partial charge in [-0.25, -0.2) is 9.59 Å². The lowest BCUT2D eigenvalue weighted by molar-refractivity contribution is 0.0602. The summed E-state index contributed by atoms with van der Waals surface area (Å²) < 4.78 is 9.90. The van der Waals surface area contributed by atoms with Crippen molar-refractivity contribution in [1.29, 1.82) is 0 Å². The van der Waals surface area contributed by atoms with Crippen LogP contribution in [0.1, 0.15) is 15.9 Å². The summed E-state index contributed by atoms with van der Waals surface area (Å²) in [5, 5.41) is 2.73. The fourth-order valence-corrected chi connectivity index (χ4v) is 2.21. The molecule has 6 nitrogen and oxygen atoms in total. The van der Waals surface area contributed by atoms with Gasteiger partial charge in [-0.3, -0.25) is 0 Å². The monoisotopic (exact) mass is 328 g/mol. The highest BCUT2D eigenvalue weighted by atomic mass is 16.5. The standard InChI is InChI=1S/C18H20N2O4/c1-20(12-13-7-6-8-14(11-13)23-2)18(22)19-16-10-5-4-9-15(16)17(21)24-3/h4-11H,12H2,1-3H3,(H,19,22). The van der Waals surface area contributed by atoms with Gasteiger partial charge >= 0.3 is 12.0 Å². The highest BCUT2D eigenvalue weighted by molar-refractivity contribution is 6.00. The van der Waals surface area contributed by atoms with Crippen molar-refractivity contribution < 1.29 is 19.1 Å². The number of hydrogen-bond acceptors (Lipinski definition) is 4. The Kier molecular flexibility index (Phi) is 5.78. The largest absolute Gasteiger partial charge is 0.497 e. The molecule has 0 unspecified atom stereocenters. The number of benzene rings is 2. The number of hydrogen-bond donors (Lipinski definition) is 1. The van der Waals surface area contributed by atoms with Crippen molar-refractivity contribution in [3.63, 3.8) is 0 Å². The summed E-state index contributed by atoms with van der Waals surface area (Å²) in [5.41, 5.74) is 1.66. The van der Waals surface area contributed by atoms with Crippen LogP contribution >= 0.6 is 0 Å². The second kappa shape index (κ2) is 8.01. The van der Waals surface area contributed by atoms with Gasteiger partial charge in [-0.05, 0) is 29.8 Å². The predicted octanol–water partition coefficient (Wildman–Crippen LogP) is 3.15. The zero-order valence-electron chi connectivity index (χ0n) is 13.9. The lowest BCUT2D eigenvalue weighted by Gasteiger charge is -2.19. The van der Waals surface area contributed by atoms with Crippen LogP contribution in [-0.4, -0.2) is 38.2 Å². The summed E-state index contributed by atoms with van der Waals surface area (Å²) in [6, 6.07) is 13.9. The Hall–Kier alpha value is -3.02. The fraction of sp³-hybridized carbons (Fsp3) is 0.222. The van der Waals surface area contributed by atoms with Crippen molar-refractivity contribution in [2.24, 2.45) is 0 Å². The maximum Gasteiger partial charge on any atom is 0.339 e. The van der Waals surface area contributed by atoms with Crippen molar-refractivity contribution in [3.05, 3.63) is 59.7 Å². The first-order valence-electron chi connectivity index (χ1n) is 7.37. The highest BCUT2D eigenvalue weighted by Gasteiger charge is 2.15. The Morgan fingerprint density at radius 2 is 1.83 bits per heavy atom. The molecule has 2 aromatic rings. The fourth-order valence-electron chi connectivity index (χ4n) is 2.21. The Balaban J connectivity index is 2.08. The van der Waals surface area contributed by atoms with Crippen LogP contribution in [0.2, 0.25) is 0 Å². The molecule has 1 N–H and O–H groups in total. The molecule has 2 rings (SSSR count). The van der Waals surface area contributed by atoms with Crippen molar-refractivity contribution in [2.45, 2.75) is 6.54 Å². The number of ether oxygens (including phenoxy) is 2. The lowest BCUT2D eigenvalue weighted by Crippen LogP contribution is -2.31. The van der Waals surface area contributed by atoms with Crippen LogP contribution < -0.4 is 10.1 Å². The third kappa shape index (κ3) is 4.25. The first-order chi connectivity index (χ1) is 11.5. The molecule has 0 heterocycles. The summed E-state index contributed by atoms with van der Waals surface area (Å²) in [6.07, 6.45) is 0. The molecule has 24 heavy (non-hydrogen) atoms. The molecule has 0 aliphatic carbocycles. The first-order valence-corrected chi connectivity index (χ1v) is 7.37. The van der Waals surface area contributed by atoms with E-state index in [1.165, 1.54) is 12.0 Å². The maximum atomic E-state index is 12.4. The lowest BCUT2D eigenvalue weighted by atomic mass is 10.2. The van der Waals surface area contributed by atoms with Gasteiger partial charge in [-0.2, -0.15) is 0 Å². The molecule has 6 heteroatoms. The number of carbonyl (C=O) groups excluding carboxylic acids is 2. The summed E-state index contributed by atoms with van der Waals surface area (Å²) in [7, 11) is 4.57. The van der Waals surface area contributed by atoms with Gasteiger partial charge < -0.3 is 19.7 Å². The van der Waals surface area contributed by atoms with Gasteiger partial charge in [-0.15, -0.1) is 0 Å². The zero-order chi connectivity index (χ0) is 17.5. The summed E-state index contributed by atoms with van der Waals surface area (Å²) in [5.74, 6) is 0.235. The van der Waals surface area contributed by atoms with Crippen LogP contribution in [0.4, 0.5) is 10.5 Å². The number of amides is 2. The third-order valence-corrected chi connectivity index (χ3v) is 3.47. The number of urea groups is 1. The maximum absolute atomic E-state index is 12.4. The molecule has 0 saturated heterocycles. The second-order valence-electron chi connectivity index (χ2n) is 5.17. The summed E-state index contributed by atoms with van der Waals surface area (Å²) in [6.45, 7) is 0.406. The van der Waals surface area contributed by atoms with E-state index in [1.54, 1.807) is 38.4 Å². The van der Waals surface area contributed by atoms with Crippen LogP contribution in [0.25, 0.3) is 0 Å². The second-order valence-corrected chi connectivity index (χ2v) is 5.17. The van der Waals surface area contributed by atoms with Crippen LogP contribution in [0.3, 0.4) is 0 Å². The number of esters is 1. The molecule has 0 saturated carbocycles. The molecule has 0 fully saturated rings. The summed E-state index contributed by atoms with van der Waals surface area (Å²) in [4.78, 5) is 25.6. The van der Waals surface area contributed by atoms with Gasteiger partial charge in [0.05, 0.1) is 25.5 Å². The van der Waals surface area contributed by atoms with Gasteiger partial charge in [0.25, 0.3) is 0 Å². The number of nitrogens with zero attached hydrogens (tertiary/aromatic N) is 1. The van der Waals surface area contributed by atoms with E-state index < -0.39 is 5.97 Å². The number of nitrogens with one attached hydrogen (secondary N) is 1. The number of carbonyl (C=O) groups is 2. The molecule has 2 amide bonds. The van der Waals surface area contributed by atoms with E-state index >= 15 is 0 Å².